The molecule has 4 amide bonds. The fourth-order valence-corrected chi connectivity index (χ4v) is 5.52. The molecule has 3 atom stereocenters. The van der Waals surface area contributed by atoms with Crippen LogP contribution >= 0.6 is 15.9 Å². The lowest BCUT2D eigenvalue weighted by atomic mass is 9.95. The van der Waals surface area contributed by atoms with E-state index in [1.807, 2.05) is 32.0 Å². The van der Waals surface area contributed by atoms with E-state index in [1.165, 1.54) is 4.90 Å². The molecule has 0 saturated heterocycles. The van der Waals surface area contributed by atoms with Crippen molar-refractivity contribution in [2.75, 3.05) is 13.1 Å². The highest BCUT2D eigenvalue weighted by atomic mass is 79.9. The minimum atomic E-state index is -1.06. The third kappa shape index (κ3) is 9.41. The number of aryl methyl sites for hydroxylation is 2. The Morgan fingerprint density at radius 1 is 1.09 bits per heavy atom. The second-order valence-electron chi connectivity index (χ2n) is 10.7. The average molecular weight is 660 g/mol. The van der Waals surface area contributed by atoms with E-state index in [2.05, 4.69) is 31.6 Å². The van der Waals surface area contributed by atoms with Crippen LogP contribution in [0.1, 0.15) is 40.7 Å². The van der Waals surface area contributed by atoms with E-state index in [0.717, 1.165) is 32.3 Å². The number of halogens is 1. The second-order valence-corrected chi connectivity index (χ2v) is 11.6. The number of primary amides is 1. The Labute approximate surface area is 258 Å². The fraction of sp³-hybridized carbons (Fsp3) is 0.414. The summed E-state index contributed by atoms with van der Waals surface area (Å²) in [5.41, 5.74) is 26.5. The molecule has 0 aromatic heterocycles. The Morgan fingerprint density at radius 3 is 2.40 bits per heavy atom. The topological polar surface area (TPSA) is 232 Å². The highest BCUT2D eigenvalue weighted by Crippen LogP contribution is 2.24. The van der Waals surface area contributed by atoms with Crippen LogP contribution in [0.5, 0.6) is 5.75 Å². The number of rotatable bonds is 12. The normalized spacial score (nSPS) is 16.0. The number of aliphatic imine (C=N–C) groups is 1. The summed E-state index contributed by atoms with van der Waals surface area (Å²) in [6.07, 6.45) is 0.871. The molecule has 0 bridgehead atoms. The lowest BCUT2D eigenvalue weighted by Crippen LogP contribution is -2.56. The van der Waals surface area contributed by atoms with E-state index in [9.17, 15) is 24.3 Å². The highest BCUT2D eigenvalue weighted by molar-refractivity contribution is 9.10. The summed E-state index contributed by atoms with van der Waals surface area (Å²) in [5, 5.41) is 15.3. The number of amides is 4. The molecule has 2 aromatic rings. The molecule has 0 aliphatic carbocycles. The number of carbonyl (C=O) groups excluding carboxylic acids is 4. The highest BCUT2D eigenvalue weighted by Gasteiger charge is 2.34. The quantitative estimate of drug-likeness (QED) is 0.0909. The number of nitrogens with two attached hydrogens (primary N) is 4. The fourth-order valence-electron chi connectivity index (χ4n) is 5.12. The molecule has 232 valence electrons. The largest absolute Gasteiger partial charge is 0.508 e. The molecule has 0 radical (unpaired) electrons. The van der Waals surface area contributed by atoms with E-state index in [0.29, 0.717) is 6.42 Å². The minimum absolute atomic E-state index is 0.101. The first-order chi connectivity index (χ1) is 20.2. The first-order valence-corrected chi connectivity index (χ1v) is 14.6. The van der Waals surface area contributed by atoms with Crippen LogP contribution in [0, 0.1) is 13.8 Å². The Balaban J connectivity index is 1.81. The molecule has 11 N–H and O–H groups in total. The standard InChI is InChI=1S/C29H39BrN8O5/c1-15-8-20(39)9-16(2)21(15)12-22(31)26(41)36-23(4-3-7-35-29(33)34)27(42)37-24-11-17-5-6-19(30)10-18(17)13-38(28(24)43)14-25(32)40/h5-6,8-10,22-24,39H,3-4,7,11-14,31H2,1-2H3,(H2,32,40)(H,36,41)(H,37,42)(H4,33,34,35)/t22-,23+,24-/m0/s1. The summed E-state index contributed by atoms with van der Waals surface area (Å²) in [5.74, 6) is -2.30. The molecular formula is C29H39BrN8O5. The number of phenolic OH excluding ortho intramolecular Hbond substituents is 1. The summed E-state index contributed by atoms with van der Waals surface area (Å²) in [7, 11) is 0. The van der Waals surface area contributed by atoms with Crippen molar-refractivity contribution in [3.05, 3.63) is 62.6 Å². The molecular weight excluding hydrogens is 620 g/mol. The SMILES string of the molecule is Cc1cc(O)cc(C)c1C[C@H](N)C(=O)N[C@H](CCCN=C(N)N)C(=O)N[C@H]1Cc2ccc(Br)cc2CN(CC(N)=O)C1=O. The molecule has 0 spiro atoms. The van der Waals surface area contributed by atoms with Crippen molar-refractivity contribution in [3.8, 4) is 5.75 Å². The maximum atomic E-state index is 13.6. The zero-order valence-electron chi connectivity index (χ0n) is 24.2. The van der Waals surface area contributed by atoms with Crippen molar-refractivity contribution < 1.29 is 24.3 Å². The van der Waals surface area contributed by atoms with E-state index in [1.54, 1.807) is 12.1 Å². The molecule has 0 saturated carbocycles. The van der Waals surface area contributed by atoms with Crippen LogP contribution in [0.4, 0.5) is 0 Å². The molecule has 14 heteroatoms. The number of nitrogens with one attached hydrogen (secondary N) is 2. The number of guanidine groups is 1. The van der Waals surface area contributed by atoms with Gasteiger partial charge in [-0.1, -0.05) is 22.0 Å². The van der Waals surface area contributed by atoms with Crippen LogP contribution in [0.2, 0.25) is 0 Å². The molecule has 13 nitrogen and oxygen atoms in total. The molecule has 43 heavy (non-hydrogen) atoms. The van der Waals surface area contributed by atoms with Crippen LogP contribution < -0.4 is 33.6 Å². The van der Waals surface area contributed by atoms with Gasteiger partial charge in [0, 0.05) is 24.0 Å². The van der Waals surface area contributed by atoms with Gasteiger partial charge in [-0.15, -0.1) is 0 Å². The number of carbonyl (C=O) groups is 4. The zero-order valence-corrected chi connectivity index (χ0v) is 25.8. The van der Waals surface area contributed by atoms with Gasteiger partial charge in [-0.3, -0.25) is 24.2 Å². The van der Waals surface area contributed by atoms with Gasteiger partial charge in [-0.05, 0) is 85.2 Å². The van der Waals surface area contributed by atoms with Gasteiger partial charge in [-0.25, -0.2) is 0 Å². The van der Waals surface area contributed by atoms with Gasteiger partial charge in [0.05, 0.1) is 12.6 Å². The Bertz CT molecular complexity index is 1390. The van der Waals surface area contributed by atoms with Gasteiger partial charge in [0.15, 0.2) is 5.96 Å². The van der Waals surface area contributed by atoms with Crippen molar-refractivity contribution >= 4 is 45.5 Å². The van der Waals surface area contributed by atoms with Crippen LogP contribution in [-0.2, 0) is 38.6 Å². The predicted octanol–water partition coefficient (Wildman–Crippen LogP) is -0.265. The molecule has 1 aliphatic heterocycles. The van der Waals surface area contributed by atoms with Crippen LogP contribution in [0.3, 0.4) is 0 Å². The summed E-state index contributed by atoms with van der Waals surface area (Å²) < 4.78 is 0.804. The number of hydrogen-bond acceptors (Lipinski definition) is 7. The van der Waals surface area contributed by atoms with Gasteiger partial charge in [-0.2, -0.15) is 0 Å². The predicted molar refractivity (Wildman–Crippen MR) is 165 cm³/mol. The van der Waals surface area contributed by atoms with Gasteiger partial charge in [0.1, 0.15) is 17.8 Å². The van der Waals surface area contributed by atoms with Crippen molar-refractivity contribution in [3.63, 3.8) is 0 Å². The second kappa shape index (κ2) is 14.8. The minimum Gasteiger partial charge on any atom is -0.508 e. The van der Waals surface area contributed by atoms with Gasteiger partial charge in [0.25, 0.3) is 0 Å². The monoisotopic (exact) mass is 658 g/mol. The van der Waals surface area contributed by atoms with Crippen molar-refractivity contribution in [1.82, 2.24) is 15.5 Å². The number of phenols is 1. The van der Waals surface area contributed by atoms with E-state index in [4.69, 9.17) is 22.9 Å². The Morgan fingerprint density at radius 2 is 1.77 bits per heavy atom. The maximum Gasteiger partial charge on any atom is 0.246 e. The smallest absolute Gasteiger partial charge is 0.246 e. The third-order valence-electron chi connectivity index (χ3n) is 7.25. The summed E-state index contributed by atoms with van der Waals surface area (Å²) in [6, 6.07) is 5.65. The van der Waals surface area contributed by atoms with E-state index in [-0.39, 0.29) is 50.6 Å². The number of aromatic hydroxyl groups is 1. The van der Waals surface area contributed by atoms with Crippen LogP contribution in [0.15, 0.2) is 39.8 Å². The van der Waals surface area contributed by atoms with E-state index >= 15 is 0 Å². The first-order valence-electron chi connectivity index (χ1n) is 13.8. The zero-order chi connectivity index (χ0) is 31.8. The molecule has 3 rings (SSSR count). The lowest BCUT2D eigenvalue weighted by molar-refractivity contribution is -0.139. The van der Waals surface area contributed by atoms with Crippen molar-refractivity contribution in [2.24, 2.45) is 27.9 Å². The number of benzene rings is 2. The van der Waals surface area contributed by atoms with Crippen molar-refractivity contribution in [1.29, 1.82) is 0 Å². The van der Waals surface area contributed by atoms with Crippen LogP contribution in [-0.4, -0.2) is 70.8 Å². The first kappa shape index (κ1) is 33.3. The molecule has 1 aliphatic rings. The van der Waals surface area contributed by atoms with Gasteiger partial charge < -0.3 is 43.6 Å². The Kier molecular flexibility index (Phi) is 11.5. The third-order valence-corrected chi connectivity index (χ3v) is 7.74. The van der Waals surface area contributed by atoms with Gasteiger partial charge >= 0.3 is 0 Å². The summed E-state index contributed by atoms with van der Waals surface area (Å²) in [6.45, 7) is 3.67. The van der Waals surface area contributed by atoms with E-state index < -0.39 is 41.8 Å². The Hall–Kier alpha value is -4.17. The lowest BCUT2D eigenvalue weighted by Gasteiger charge is -2.26. The summed E-state index contributed by atoms with van der Waals surface area (Å²) >= 11 is 3.43. The average Bonchev–Trinajstić information content (AvgIpc) is 3.03. The molecule has 0 unspecified atom stereocenters. The number of fused-ring (bicyclic) bond motifs is 1. The van der Waals surface area contributed by atoms with Crippen molar-refractivity contribution in [2.45, 2.75) is 64.2 Å². The molecule has 0 fully saturated rings. The summed E-state index contributed by atoms with van der Waals surface area (Å²) in [4.78, 5) is 57.3. The molecule has 1 heterocycles. The maximum absolute atomic E-state index is 13.6. The number of hydrogen-bond donors (Lipinski definition) is 7. The van der Waals surface area contributed by atoms with Gasteiger partial charge in [0.2, 0.25) is 23.6 Å². The molecule has 2 aromatic carbocycles. The number of nitrogens with zero attached hydrogens (tertiary/aromatic N) is 2. The van der Waals surface area contributed by atoms with Crippen LogP contribution in [0.25, 0.3) is 0 Å².